The molecule has 114 valence electrons. The zero-order valence-electron chi connectivity index (χ0n) is 13.0. The monoisotopic (exact) mass is 272 g/mol. The van der Waals surface area contributed by atoms with E-state index in [9.17, 15) is 5.11 Å². The van der Waals surface area contributed by atoms with Gasteiger partial charge in [0.15, 0.2) is 0 Å². The molecule has 0 aromatic carbocycles. The number of nitrogens with one attached hydrogen (secondary N) is 1. The molecular formula is C15H32N2O2. The van der Waals surface area contributed by atoms with Gasteiger partial charge in [0.2, 0.25) is 0 Å². The van der Waals surface area contributed by atoms with Crippen molar-refractivity contribution >= 4 is 0 Å². The van der Waals surface area contributed by atoms with E-state index in [0.29, 0.717) is 11.5 Å². The van der Waals surface area contributed by atoms with Crippen molar-refractivity contribution in [3.63, 3.8) is 0 Å². The fourth-order valence-corrected chi connectivity index (χ4v) is 2.82. The van der Waals surface area contributed by atoms with E-state index in [1.807, 2.05) is 0 Å². The maximum atomic E-state index is 9.21. The molecule has 1 rings (SSSR count). The van der Waals surface area contributed by atoms with Crippen molar-refractivity contribution < 1.29 is 9.84 Å². The maximum Gasteiger partial charge on any atom is 0.0558 e. The molecule has 1 heterocycles. The first kappa shape index (κ1) is 16.9. The molecule has 4 heteroatoms. The van der Waals surface area contributed by atoms with Crippen LogP contribution in [0, 0.1) is 5.41 Å². The summed E-state index contributed by atoms with van der Waals surface area (Å²) in [4.78, 5) is 2.41. The molecule has 0 amide bonds. The van der Waals surface area contributed by atoms with Gasteiger partial charge < -0.3 is 20.1 Å². The Morgan fingerprint density at radius 3 is 2.47 bits per heavy atom. The van der Waals surface area contributed by atoms with Gasteiger partial charge in [0.1, 0.15) is 0 Å². The lowest BCUT2D eigenvalue weighted by Crippen LogP contribution is -2.49. The Morgan fingerprint density at radius 2 is 1.95 bits per heavy atom. The van der Waals surface area contributed by atoms with Crippen molar-refractivity contribution in [1.29, 1.82) is 0 Å². The van der Waals surface area contributed by atoms with Crippen molar-refractivity contribution in [2.24, 2.45) is 5.41 Å². The molecule has 0 aromatic rings. The topological polar surface area (TPSA) is 44.7 Å². The number of aliphatic hydroxyl groups is 1. The summed E-state index contributed by atoms with van der Waals surface area (Å²) in [6, 6.07) is 0.525. The Kier molecular flexibility index (Phi) is 7.91. The lowest BCUT2D eigenvalue weighted by molar-refractivity contribution is -0.00731. The first-order valence-corrected chi connectivity index (χ1v) is 7.76. The van der Waals surface area contributed by atoms with E-state index >= 15 is 0 Å². The predicted octanol–water partition coefficient (Wildman–Crippen LogP) is 1.49. The minimum Gasteiger partial charge on any atom is -0.395 e. The van der Waals surface area contributed by atoms with Crippen molar-refractivity contribution in [2.75, 3.05) is 46.0 Å². The molecule has 1 aliphatic rings. The van der Waals surface area contributed by atoms with E-state index in [1.165, 1.54) is 0 Å². The molecule has 0 saturated carbocycles. The summed E-state index contributed by atoms with van der Waals surface area (Å²) in [7, 11) is 0. The van der Waals surface area contributed by atoms with E-state index in [1.54, 1.807) is 0 Å². The molecule has 4 nitrogen and oxygen atoms in total. The summed E-state index contributed by atoms with van der Waals surface area (Å²) in [5.41, 5.74) is 0.312. The molecular weight excluding hydrogens is 240 g/mol. The van der Waals surface area contributed by atoms with Crippen molar-refractivity contribution in [1.82, 2.24) is 10.2 Å². The number of aliphatic hydroxyl groups excluding tert-OH is 1. The minimum atomic E-state index is 0.254. The van der Waals surface area contributed by atoms with E-state index < -0.39 is 0 Å². The highest BCUT2D eigenvalue weighted by Gasteiger charge is 2.34. The Bertz CT molecular complexity index is 222. The van der Waals surface area contributed by atoms with Gasteiger partial charge in [-0.3, -0.25) is 0 Å². The third-order valence-electron chi connectivity index (χ3n) is 3.95. The van der Waals surface area contributed by atoms with Crippen LogP contribution >= 0.6 is 0 Å². The van der Waals surface area contributed by atoms with Crippen LogP contribution in [0.1, 0.15) is 40.0 Å². The van der Waals surface area contributed by atoms with Gasteiger partial charge in [0.05, 0.1) is 6.61 Å². The molecule has 1 fully saturated rings. The van der Waals surface area contributed by atoms with Gasteiger partial charge in [-0.15, -0.1) is 0 Å². The van der Waals surface area contributed by atoms with Crippen LogP contribution in [0.5, 0.6) is 0 Å². The van der Waals surface area contributed by atoms with Gasteiger partial charge in [-0.2, -0.15) is 0 Å². The molecule has 0 spiro atoms. The van der Waals surface area contributed by atoms with Crippen LogP contribution in [-0.4, -0.2) is 62.0 Å². The second-order valence-electron chi connectivity index (χ2n) is 6.15. The minimum absolute atomic E-state index is 0.254. The normalized spacial score (nSPS) is 19.3. The van der Waals surface area contributed by atoms with Crippen LogP contribution in [-0.2, 0) is 4.74 Å². The molecule has 0 unspecified atom stereocenters. The van der Waals surface area contributed by atoms with Crippen molar-refractivity contribution in [2.45, 2.75) is 46.1 Å². The fraction of sp³-hybridized carbons (Fsp3) is 1.00. The summed E-state index contributed by atoms with van der Waals surface area (Å²) < 4.78 is 5.54. The first-order valence-electron chi connectivity index (χ1n) is 7.76. The Hall–Kier alpha value is -0.160. The molecule has 0 aliphatic carbocycles. The number of hydrogen-bond acceptors (Lipinski definition) is 4. The molecule has 19 heavy (non-hydrogen) atoms. The van der Waals surface area contributed by atoms with Gasteiger partial charge in [0.25, 0.3) is 0 Å². The van der Waals surface area contributed by atoms with Crippen LogP contribution in [0.25, 0.3) is 0 Å². The van der Waals surface area contributed by atoms with Crippen molar-refractivity contribution in [3.8, 4) is 0 Å². The van der Waals surface area contributed by atoms with E-state index in [2.05, 4.69) is 31.0 Å². The van der Waals surface area contributed by atoms with Crippen LogP contribution in [0.3, 0.4) is 0 Å². The summed E-state index contributed by atoms with van der Waals surface area (Å²) >= 11 is 0. The Labute approximate surface area is 118 Å². The molecule has 0 bridgehead atoms. The van der Waals surface area contributed by atoms with Gasteiger partial charge in [0, 0.05) is 38.9 Å². The molecule has 0 aromatic heterocycles. The summed E-state index contributed by atoms with van der Waals surface area (Å²) in [6.07, 6.45) is 3.39. The Balaban J connectivity index is 2.60. The summed E-state index contributed by atoms with van der Waals surface area (Å²) in [5, 5.41) is 12.8. The smallest absolute Gasteiger partial charge is 0.0558 e. The lowest BCUT2D eigenvalue weighted by atomic mass is 9.79. The zero-order valence-corrected chi connectivity index (χ0v) is 13.0. The SMILES string of the molecule is CCCN(CCO)CC1(CNC(C)C)CCOCC1. The first-order chi connectivity index (χ1) is 9.12. The molecule has 0 atom stereocenters. The molecule has 0 radical (unpaired) electrons. The number of rotatable bonds is 9. The second kappa shape index (κ2) is 8.90. The van der Waals surface area contributed by atoms with Crippen LogP contribution in [0.15, 0.2) is 0 Å². The van der Waals surface area contributed by atoms with Gasteiger partial charge >= 0.3 is 0 Å². The quantitative estimate of drug-likeness (QED) is 0.667. The third kappa shape index (κ3) is 6.21. The zero-order chi connectivity index (χ0) is 14.1. The third-order valence-corrected chi connectivity index (χ3v) is 3.95. The van der Waals surface area contributed by atoms with Gasteiger partial charge in [-0.1, -0.05) is 20.8 Å². The standard InChI is InChI=1S/C15H32N2O2/c1-4-7-17(8-9-18)13-15(12-16-14(2)3)5-10-19-11-6-15/h14,16,18H,4-13H2,1-3H3. The van der Waals surface area contributed by atoms with E-state index in [4.69, 9.17) is 4.74 Å². The average molecular weight is 272 g/mol. The molecule has 1 aliphatic heterocycles. The number of hydrogen-bond donors (Lipinski definition) is 2. The van der Waals surface area contributed by atoms with Gasteiger partial charge in [-0.05, 0) is 31.2 Å². The predicted molar refractivity (Wildman–Crippen MR) is 79.4 cm³/mol. The maximum absolute atomic E-state index is 9.21. The summed E-state index contributed by atoms with van der Waals surface area (Å²) in [6.45, 7) is 12.6. The van der Waals surface area contributed by atoms with Crippen LogP contribution < -0.4 is 5.32 Å². The molecule has 1 saturated heterocycles. The highest BCUT2D eigenvalue weighted by molar-refractivity contribution is 4.87. The van der Waals surface area contributed by atoms with E-state index in [0.717, 1.165) is 58.7 Å². The second-order valence-corrected chi connectivity index (χ2v) is 6.15. The largest absolute Gasteiger partial charge is 0.395 e. The number of nitrogens with zero attached hydrogens (tertiary/aromatic N) is 1. The summed E-state index contributed by atoms with van der Waals surface area (Å²) in [5.74, 6) is 0. The Morgan fingerprint density at radius 1 is 1.26 bits per heavy atom. The fourth-order valence-electron chi connectivity index (χ4n) is 2.82. The van der Waals surface area contributed by atoms with E-state index in [-0.39, 0.29) is 6.61 Å². The average Bonchev–Trinajstić information content (AvgIpc) is 2.38. The molecule has 2 N–H and O–H groups in total. The lowest BCUT2D eigenvalue weighted by Gasteiger charge is -2.41. The van der Waals surface area contributed by atoms with Crippen molar-refractivity contribution in [3.05, 3.63) is 0 Å². The van der Waals surface area contributed by atoms with Gasteiger partial charge in [-0.25, -0.2) is 0 Å². The highest BCUT2D eigenvalue weighted by atomic mass is 16.5. The highest BCUT2D eigenvalue weighted by Crippen LogP contribution is 2.31. The number of ether oxygens (including phenoxy) is 1. The van der Waals surface area contributed by atoms with Crippen LogP contribution in [0.4, 0.5) is 0 Å². The van der Waals surface area contributed by atoms with Crippen LogP contribution in [0.2, 0.25) is 0 Å².